The van der Waals surface area contributed by atoms with Crippen LogP contribution in [0.4, 0.5) is 4.39 Å². The molecule has 3 N–H and O–H groups in total. The maximum Gasteiger partial charge on any atom is 0.120 e. The van der Waals surface area contributed by atoms with Crippen LogP contribution >= 0.6 is 22.6 Å². The molecule has 1 atom stereocenters. The van der Waals surface area contributed by atoms with Crippen molar-refractivity contribution in [1.29, 1.82) is 0 Å². The average molecular weight is 281 g/mol. The maximum atomic E-state index is 12.1. The molecule has 0 heterocycles. The molecule has 4 heteroatoms. The molecule has 0 aliphatic heterocycles. The molecule has 0 unspecified atom stereocenters. The standard InChI is InChI=1S/C8H9FINO/c9-4-7(11)6-3-5(10)1-2-8(6)12/h1-3,7,12H,4,11H2/t7-/m0/s1. The molecule has 0 radical (unpaired) electrons. The summed E-state index contributed by atoms with van der Waals surface area (Å²) in [5, 5.41) is 9.29. The Kier molecular flexibility index (Phi) is 3.28. The van der Waals surface area contributed by atoms with E-state index in [2.05, 4.69) is 22.6 Å². The average Bonchev–Trinajstić information content (AvgIpc) is 2.08. The van der Waals surface area contributed by atoms with Gasteiger partial charge in [-0.05, 0) is 40.8 Å². The minimum Gasteiger partial charge on any atom is -0.508 e. The third kappa shape index (κ3) is 2.07. The molecule has 0 bridgehead atoms. The maximum absolute atomic E-state index is 12.1. The SMILES string of the molecule is N[C@@H](CF)c1cc(I)ccc1O. The topological polar surface area (TPSA) is 46.2 Å². The van der Waals surface area contributed by atoms with Crippen molar-refractivity contribution >= 4 is 22.6 Å². The van der Waals surface area contributed by atoms with E-state index in [0.29, 0.717) is 5.56 Å². The number of halogens is 2. The van der Waals surface area contributed by atoms with Crippen LogP contribution in [0.2, 0.25) is 0 Å². The minimum atomic E-state index is -0.722. The number of hydrogen-bond donors (Lipinski definition) is 2. The predicted molar refractivity (Wildman–Crippen MR) is 53.7 cm³/mol. The lowest BCUT2D eigenvalue weighted by molar-refractivity contribution is 0.414. The predicted octanol–water partition coefficient (Wildman–Crippen LogP) is 1.97. The van der Waals surface area contributed by atoms with Crippen molar-refractivity contribution in [2.45, 2.75) is 6.04 Å². The van der Waals surface area contributed by atoms with E-state index in [0.717, 1.165) is 3.57 Å². The lowest BCUT2D eigenvalue weighted by Gasteiger charge is -2.09. The van der Waals surface area contributed by atoms with E-state index in [1.807, 2.05) is 0 Å². The monoisotopic (exact) mass is 281 g/mol. The Morgan fingerprint density at radius 1 is 1.58 bits per heavy atom. The van der Waals surface area contributed by atoms with Gasteiger partial charge in [0.25, 0.3) is 0 Å². The fourth-order valence-corrected chi connectivity index (χ4v) is 1.42. The summed E-state index contributed by atoms with van der Waals surface area (Å²) < 4.78 is 13.1. The summed E-state index contributed by atoms with van der Waals surface area (Å²) in [5.74, 6) is 0.0561. The molecule has 0 aliphatic carbocycles. The first kappa shape index (κ1) is 9.73. The van der Waals surface area contributed by atoms with Crippen LogP contribution < -0.4 is 5.73 Å². The molecule has 0 amide bonds. The highest BCUT2D eigenvalue weighted by Gasteiger charge is 2.10. The summed E-state index contributed by atoms with van der Waals surface area (Å²) in [7, 11) is 0. The Bertz CT molecular complexity index is 280. The van der Waals surface area contributed by atoms with E-state index >= 15 is 0 Å². The number of phenols is 1. The van der Waals surface area contributed by atoms with E-state index in [1.165, 1.54) is 6.07 Å². The second kappa shape index (κ2) is 4.04. The van der Waals surface area contributed by atoms with Crippen molar-refractivity contribution in [2.24, 2.45) is 5.73 Å². The number of alkyl halides is 1. The number of aromatic hydroxyl groups is 1. The van der Waals surface area contributed by atoms with Crippen molar-refractivity contribution in [3.63, 3.8) is 0 Å². The third-order valence-corrected chi connectivity index (χ3v) is 2.23. The van der Waals surface area contributed by atoms with E-state index in [9.17, 15) is 9.50 Å². The van der Waals surface area contributed by atoms with Crippen LogP contribution in [0.15, 0.2) is 18.2 Å². The Morgan fingerprint density at radius 3 is 2.83 bits per heavy atom. The molecule has 0 aromatic heterocycles. The zero-order valence-electron chi connectivity index (χ0n) is 6.30. The lowest BCUT2D eigenvalue weighted by Crippen LogP contribution is -2.12. The first-order valence-electron chi connectivity index (χ1n) is 3.45. The molecule has 2 nitrogen and oxygen atoms in total. The van der Waals surface area contributed by atoms with Crippen LogP contribution in [-0.4, -0.2) is 11.8 Å². The zero-order valence-corrected chi connectivity index (χ0v) is 8.45. The Balaban J connectivity index is 3.04. The van der Waals surface area contributed by atoms with E-state index in [1.54, 1.807) is 12.1 Å². The van der Waals surface area contributed by atoms with Gasteiger partial charge in [0.15, 0.2) is 0 Å². The smallest absolute Gasteiger partial charge is 0.120 e. The number of rotatable bonds is 2. The zero-order chi connectivity index (χ0) is 9.14. The van der Waals surface area contributed by atoms with Crippen LogP contribution in [0.5, 0.6) is 5.75 Å². The fourth-order valence-electron chi connectivity index (χ4n) is 0.905. The van der Waals surface area contributed by atoms with Crippen molar-refractivity contribution in [3.05, 3.63) is 27.3 Å². The van der Waals surface area contributed by atoms with Gasteiger partial charge in [-0.1, -0.05) is 0 Å². The lowest BCUT2D eigenvalue weighted by atomic mass is 10.1. The molecule has 1 aromatic rings. The Hall–Kier alpha value is -0.360. The number of phenolic OH excluding ortho intramolecular Hbond substituents is 1. The molecule has 1 rings (SSSR count). The Morgan fingerprint density at radius 2 is 2.25 bits per heavy atom. The van der Waals surface area contributed by atoms with Gasteiger partial charge in [0.2, 0.25) is 0 Å². The van der Waals surface area contributed by atoms with Crippen molar-refractivity contribution in [1.82, 2.24) is 0 Å². The van der Waals surface area contributed by atoms with Gasteiger partial charge in [0.05, 0.1) is 6.04 Å². The van der Waals surface area contributed by atoms with Gasteiger partial charge in [0.1, 0.15) is 12.4 Å². The summed E-state index contributed by atoms with van der Waals surface area (Å²) >= 11 is 2.08. The molecule has 66 valence electrons. The van der Waals surface area contributed by atoms with Gasteiger partial charge in [-0.3, -0.25) is 0 Å². The Labute approximate surface area is 83.7 Å². The number of hydrogen-bond acceptors (Lipinski definition) is 2. The molecular weight excluding hydrogens is 272 g/mol. The van der Waals surface area contributed by atoms with Gasteiger partial charge in [-0.15, -0.1) is 0 Å². The molecule has 0 saturated heterocycles. The molecule has 1 aromatic carbocycles. The molecule has 0 fully saturated rings. The van der Waals surface area contributed by atoms with E-state index in [4.69, 9.17) is 5.73 Å². The molecule has 0 saturated carbocycles. The van der Waals surface area contributed by atoms with Crippen LogP contribution in [0.3, 0.4) is 0 Å². The molecule has 0 aliphatic rings. The van der Waals surface area contributed by atoms with Crippen molar-refractivity contribution < 1.29 is 9.50 Å². The van der Waals surface area contributed by atoms with Crippen molar-refractivity contribution in [3.8, 4) is 5.75 Å². The second-order valence-corrected chi connectivity index (χ2v) is 3.71. The van der Waals surface area contributed by atoms with Crippen LogP contribution in [0, 0.1) is 3.57 Å². The highest BCUT2D eigenvalue weighted by Crippen LogP contribution is 2.24. The summed E-state index contributed by atoms with van der Waals surface area (Å²) in [4.78, 5) is 0. The number of benzene rings is 1. The van der Waals surface area contributed by atoms with Gasteiger partial charge >= 0.3 is 0 Å². The van der Waals surface area contributed by atoms with E-state index in [-0.39, 0.29) is 5.75 Å². The fraction of sp³-hybridized carbons (Fsp3) is 0.250. The van der Waals surface area contributed by atoms with Crippen LogP contribution in [0.1, 0.15) is 11.6 Å². The van der Waals surface area contributed by atoms with Crippen LogP contribution in [-0.2, 0) is 0 Å². The highest BCUT2D eigenvalue weighted by atomic mass is 127. The first-order valence-corrected chi connectivity index (χ1v) is 4.53. The van der Waals surface area contributed by atoms with Crippen LogP contribution in [0.25, 0.3) is 0 Å². The summed E-state index contributed by atoms with van der Waals surface area (Å²) in [5.41, 5.74) is 5.89. The molecule has 12 heavy (non-hydrogen) atoms. The number of nitrogens with two attached hydrogens (primary N) is 1. The van der Waals surface area contributed by atoms with E-state index < -0.39 is 12.7 Å². The summed E-state index contributed by atoms with van der Waals surface area (Å²) in [6, 6.07) is 4.22. The second-order valence-electron chi connectivity index (χ2n) is 2.46. The normalized spacial score (nSPS) is 12.9. The summed E-state index contributed by atoms with van der Waals surface area (Å²) in [6.07, 6.45) is 0. The van der Waals surface area contributed by atoms with Gasteiger partial charge < -0.3 is 10.8 Å². The third-order valence-electron chi connectivity index (χ3n) is 1.56. The van der Waals surface area contributed by atoms with Gasteiger partial charge in [0, 0.05) is 9.13 Å². The molecule has 0 spiro atoms. The highest BCUT2D eigenvalue weighted by molar-refractivity contribution is 14.1. The quantitative estimate of drug-likeness (QED) is 0.814. The molecular formula is C8H9FINO. The minimum absolute atomic E-state index is 0.0561. The van der Waals surface area contributed by atoms with Gasteiger partial charge in [-0.25, -0.2) is 4.39 Å². The first-order chi connectivity index (χ1) is 5.65. The van der Waals surface area contributed by atoms with Gasteiger partial charge in [-0.2, -0.15) is 0 Å². The largest absolute Gasteiger partial charge is 0.508 e. The summed E-state index contributed by atoms with van der Waals surface area (Å²) in [6.45, 7) is -0.659. The van der Waals surface area contributed by atoms with Crippen molar-refractivity contribution in [2.75, 3.05) is 6.67 Å².